The summed E-state index contributed by atoms with van der Waals surface area (Å²) in [6.07, 6.45) is 2.58. The van der Waals surface area contributed by atoms with Crippen molar-refractivity contribution in [2.75, 3.05) is 13.6 Å². The highest BCUT2D eigenvalue weighted by Crippen LogP contribution is 2.22. The Morgan fingerprint density at radius 1 is 1.44 bits per heavy atom. The smallest absolute Gasteiger partial charge is 0.228 e. The van der Waals surface area contributed by atoms with Crippen molar-refractivity contribution in [3.63, 3.8) is 0 Å². The highest BCUT2D eigenvalue weighted by atomic mass is 16.5. The van der Waals surface area contributed by atoms with Crippen LogP contribution in [0.5, 0.6) is 0 Å². The fourth-order valence-electron chi connectivity index (χ4n) is 2.88. The van der Waals surface area contributed by atoms with E-state index in [4.69, 9.17) is 4.52 Å². The molecule has 0 unspecified atom stereocenters. The highest BCUT2D eigenvalue weighted by Gasteiger charge is 2.36. The van der Waals surface area contributed by atoms with Crippen LogP contribution in [0.4, 0.5) is 0 Å². The van der Waals surface area contributed by atoms with Crippen LogP contribution >= 0.6 is 0 Å². The Bertz CT molecular complexity index is 746. The third kappa shape index (κ3) is 4.01. The van der Waals surface area contributed by atoms with Crippen LogP contribution in [-0.4, -0.2) is 50.3 Å². The molecule has 1 aliphatic heterocycles. The first-order chi connectivity index (χ1) is 12.1. The lowest BCUT2D eigenvalue weighted by Crippen LogP contribution is -2.34. The minimum absolute atomic E-state index is 0.0229. The van der Waals surface area contributed by atoms with E-state index in [1.807, 2.05) is 25.1 Å². The van der Waals surface area contributed by atoms with Crippen LogP contribution in [0.25, 0.3) is 0 Å². The molecule has 1 fully saturated rings. The average molecular weight is 343 g/mol. The largest absolute Gasteiger partial charge is 0.339 e. The third-order valence-electron chi connectivity index (χ3n) is 4.21. The minimum atomic E-state index is -0.348. The maximum atomic E-state index is 12.6. The van der Waals surface area contributed by atoms with Gasteiger partial charge in [0.2, 0.25) is 17.7 Å². The number of carbonyl (C=O) groups is 2. The van der Waals surface area contributed by atoms with Crippen molar-refractivity contribution in [1.82, 2.24) is 24.9 Å². The zero-order valence-electron chi connectivity index (χ0n) is 14.4. The van der Waals surface area contributed by atoms with Crippen molar-refractivity contribution in [3.8, 4) is 0 Å². The summed E-state index contributed by atoms with van der Waals surface area (Å²) in [5.74, 6) is 0.569. The van der Waals surface area contributed by atoms with Crippen molar-refractivity contribution < 1.29 is 14.1 Å². The zero-order chi connectivity index (χ0) is 17.8. The summed E-state index contributed by atoms with van der Waals surface area (Å²) in [5, 5.41) is 3.86. The monoisotopic (exact) mass is 343 g/mol. The van der Waals surface area contributed by atoms with E-state index in [1.54, 1.807) is 23.0 Å². The van der Waals surface area contributed by atoms with Gasteiger partial charge in [-0.1, -0.05) is 18.1 Å². The van der Waals surface area contributed by atoms with Gasteiger partial charge in [0, 0.05) is 32.6 Å². The van der Waals surface area contributed by atoms with E-state index in [0.29, 0.717) is 31.2 Å². The van der Waals surface area contributed by atoms with E-state index in [0.717, 1.165) is 5.69 Å². The molecule has 0 radical (unpaired) electrons. The molecule has 2 aromatic heterocycles. The standard InChI is InChI=1S/C17H21N5O3/c1-3-15-19-14(20-25-15)11-21(2)17(24)12-8-16(23)22(9-12)10-13-6-4-5-7-18-13/h4-7,12H,3,8-11H2,1-2H3/t12-/m1/s1. The topological polar surface area (TPSA) is 92.4 Å². The maximum absolute atomic E-state index is 12.6. The Morgan fingerprint density at radius 2 is 2.28 bits per heavy atom. The number of amides is 2. The third-order valence-corrected chi connectivity index (χ3v) is 4.21. The zero-order valence-corrected chi connectivity index (χ0v) is 14.4. The number of hydrogen-bond donors (Lipinski definition) is 0. The van der Waals surface area contributed by atoms with Crippen molar-refractivity contribution >= 4 is 11.8 Å². The Kier molecular flexibility index (Phi) is 5.06. The van der Waals surface area contributed by atoms with Crippen molar-refractivity contribution in [2.45, 2.75) is 32.9 Å². The van der Waals surface area contributed by atoms with Gasteiger partial charge in [-0.3, -0.25) is 14.6 Å². The predicted molar refractivity (Wildman–Crippen MR) is 87.9 cm³/mol. The molecule has 1 aliphatic rings. The molecular formula is C17H21N5O3. The van der Waals surface area contributed by atoms with Gasteiger partial charge in [0.25, 0.3) is 0 Å². The number of rotatable bonds is 6. The summed E-state index contributed by atoms with van der Waals surface area (Å²) < 4.78 is 5.05. The first-order valence-corrected chi connectivity index (χ1v) is 8.31. The van der Waals surface area contributed by atoms with Crippen LogP contribution in [0.2, 0.25) is 0 Å². The number of pyridine rings is 1. The number of aryl methyl sites for hydroxylation is 1. The molecule has 25 heavy (non-hydrogen) atoms. The second-order valence-electron chi connectivity index (χ2n) is 6.15. The van der Waals surface area contributed by atoms with Crippen LogP contribution in [0.3, 0.4) is 0 Å². The quantitative estimate of drug-likeness (QED) is 0.778. The average Bonchev–Trinajstić information content (AvgIpc) is 3.22. The van der Waals surface area contributed by atoms with Crippen molar-refractivity contribution in [1.29, 1.82) is 0 Å². The van der Waals surface area contributed by atoms with Gasteiger partial charge < -0.3 is 14.3 Å². The fraction of sp³-hybridized carbons (Fsp3) is 0.471. The van der Waals surface area contributed by atoms with Gasteiger partial charge in [-0.25, -0.2) is 0 Å². The van der Waals surface area contributed by atoms with Gasteiger partial charge in [-0.2, -0.15) is 4.98 Å². The summed E-state index contributed by atoms with van der Waals surface area (Å²) in [6.45, 7) is 3.03. The van der Waals surface area contributed by atoms with E-state index in [9.17, 15) is 9.59 Å². The number of likely N-dealkylation sites (tertiary alicyclic amines) is 1. The molecule has 0 N–H and O–H groups in total. The van der Waals surface area contributed by atoms with Gasteiger partial charge in [0.15, 0.2) is 5.82 Å². The Hall–Kier alpha value is -2.77. The first-order valence-electron chi connectivity index (χ1n) is 8.31. The van der Waals surface area contributed by atoms with E-state index < -0.39 is 0 Å². The van der Waals surface area contributed by atoms with Crippen LogP contribution in [0, 0.1) is 5.92 Å². The molecule has 0 bridgehead atoms. The number of nitrogens with zero attached hydrogens (tertiary/aromatic N) is 5. The van der Waals surface area contributed by atoms with Crippen LogP contribution in [0.15, 0.2) is 28.9 Å². The molecular weight excluding hydrogens is 322 g/mol. The highest BCUT2D eigenvalue weighted by molar-refractivity contribution is 5.89. The normalized spacial score (nSPS) is 17.1. The number of hydrogen-bond acceptors (Lipinski definition) is 6. The summed E-state index contributed by atoms with van der Waals surface area (Å²) >= 11 is 0. The molecule has 0 aromatic carbocycles. The predicted octanol–water partition coefficient (Wildman–Crippen LogP) is 1.03. The van der Waals surface area contributed by atoms with E-state index in [1.165, 1.54) is 0 Å². The molecule has 0 aliphatic carbocycles. The van der Waals surface area contributed by atoms with Gasteiger partial charge in [-0.15, -0.1) is 0 Å². The molecule has 2 aromatic rings. The summed E-state index contributed by atoms with van der Waals surface area (Å²) in [7, 11) is 1.69. The molecule has 1 atom stereocenters. The summed E-state index contributed by atoms with van der Waals surface area (Å²) in [4.78, 5) is 36.5. The molecule has 0 spiro atoms. The molecule has 0 saturated carbocycles. The molecule has 1 saturated heterocycles. The Morgan fingerprint density at radius 3 is 2.96 bits per heavy atom. The molecule has 3 rings (SSSR count). The van der Waals surface area contributed by atoms with E-state index in [2.05, 4.69) is 15.1 Å². The van der Waals surface area contributed by atoms with Gasteiger partial charge in [0.05, 0.1) is 24.7 Å². The van der Waals surface area contributed by atoms with Crippen LogP contribution in [0.1, 0.15) is 30.8 Å². The van der Waals surface area contributed by atoms with Crippen molar-refractivity contribution in [2.24, 2.45) is 5.92 Å². The van der Waals surface area contributed by atoms with Crippen LogP contribution < -0.4 is 0 Å². The molecule has 8 heteroatoms. The maximum Gasteiger partial charge on any atom is 0.228 e. The number of carbonyl (C=O) groups excluding carboxylic acids is 2. The lowest BCUT2D eigenvalue weighted by molar-refractivity contribution is -0.135. The van der Waals surface area contributed by atoms with Crippen molar-refractivity contribution in [3.05, 3.63) is 41.8 Å². The van der Waals surface area contributed by atoms with Gasteiger partial charge in [-0.05, 0) is 12.1 Å². The number of aromatic nitrogens is 3. The first kappa shape index (κ1) is 17.1. The molecule has 132 valence electrons. The lowest BCUT2D eigenvalue weighted by atomic mass is 10.1. The van der Waals surface area contributed by atoms with Gasteiger partial charge in [0.1, 0.15) is 0 Å². The molecule has 3 heterocycles. The minimum Gasteiger partial charge on any atom is -0.339 e. The summed E-state index contributed by atoms with van der Waals surface area (Å²) in [6, 6.07) is 5.59. The fourth-order valence-corrected chi connectivity index (χ4v) is 2.88. The second kappa shape index (κ2) is 7.42. The van der Waals surface area contributed by atoms with E-state index >= 15 is 0 Å². The Labute approximate surface area is 145 Å². The molecule has 2 amide bonds. The SMILES string of the molecule is CCc1nc(CN(C)C(=O)[C@@H]2CC(=O)N(Cc3ccccn3)C2)no1. The Balaban J connectivity index is 1.58. The van der Waals surface area contributed by atoms with Crippen LogP contribution in [-0.2, 0) is 29.1 Å². The second-order valence-corrected chi connectivity index (χ2v) is 6.15. The molecule has 8 nitrogen and oxygen atoms in total. The van der Waals surface area contributed by atoms with Gasteiger partial charge >= 0.3 is 0 Å². The van der Waals surface area contributed by atoms with E-state index in [-0.39, 0.29) is 30.7 Å². The summed E-state index contributed by atoms with van der Waals surface area (Å²) in [5.41, 5.74) is 0.816. The lowest BCUT2D eigenvalue weighted by Gasteiger charge is -2.20.